The van der Waals surface area contributed by atoms with E-state index < -0.39 is 10.0 Å². The van der Waals surface area contributed by atoms with Crippen molar-refractivity contribution in [3.8, 4) is 11.5 Å². The van der Waals surface area contributed by atoms with E-state index in [1.54, 1.807) is 36.4 Å². The first-order valence-electron chi connectivity index (χ1n) is 8.51. The predicted octanol–water partition coefficient (Wildman–Crippen LogP) is 2.80. The second kappa shape index (κ2) is 7.48. The number of nitrogens with zero attached hydrogens (tertiary/aromatic N) is 1. The second-order valence-electron chi connectivity index (χ2n) is 6.23. The van der Waals surface area contributed by atoms with Gasteiger partial charge in [0.1, 0.15) is 17.1 Å². The number of carbonyl (C=O) groups is 1. The van der Waals surface area contributed by atoms with Crippen LogP contribution in [0.2, 0.25) is 0 Å². The summed E-state index contributed by atoms with van der Waals surface area (Å²) >= 11 is 0. The van der Waals surface area contributed by atoms with Crippen molar-refractivity contribution in [2.75, 3.05) is 36.1 Å². The summed E-state index contributed by atoms with van der Waals surface area (Å²) < 4.78 is 36.1. The van der Waals surface area contributed by atoms with Crippen molar-refractivity contribution in [3.05, 3.63) is 47.5 Å². The summed E-state index contributed by atoms with van der Waals surface area (Å²) in [6, 6.07) is 10.3. The zero-order valence-corrected chi connectivity index (χ0v) is 16.3. The number of ether oxygens (including phenoxy) is 2. The van der Waals surface area contributed by atoms with Gasteiger partial charge in [-0.15, -0.1) is 0 Å². The third-order valence-corrected chi connectivity index (χ3v) is 6.37. The molecule has 27 heavy (non-hydrogen) atoms. The Morgan fingerprint density at radius 1 is 1.11 bits per heavy atom. The highest BCUT2D eigenvalue weighted by Crippen LogP contribution is 2.31. The first-order chi connectivity index (χ1) is 12.9. The van der Waals surface area contributed by atoms with E-state index >= 15 is 0 Å². The maximum atomic E-state index is 12.8. The van der Waals surface area contributed by atoms with E-state index in [-0.39, 0.29) is 11.7 Å². The normalized spacial score (nSPS) is 15.4. The summed E-state index contributed by atoms with van der Waals surface area (Å²) in [5.41, 5.74) is 2.26. The van der Waals surface area contributed by atoms with Gasteiger partial charge in [0.05, 0.1) is 25.7 Å². The fourth-order valence-corrected chi connectivity index (χ4v) is 4.69. The molecule has 1 saturated heterocycles. The Morgan fingerprint density at radius 3 is 2.30 bits per heavy atom. The molecule has 0 spiro atoms. The average molecular weight is 390 g/mol. The first kappa shape index (κ1) is 19.0. The first-order valence-corrected chi connectivity index (χ1v) is 10.1. The Kier molecular flexibility index (Phi) is 5.27. The molecular formula is C19H22N2O5S. The topological polar surface area (TPSA) is 84.9 Å². The molecule has 1 aliphatic rings. The average Bonchev–Trinajstić information content (AvgIpc) is 3.01. The molecule has 1 heterocycles. The molecule has 7 nitrogen and oxygen atoms in total. The maximum Gasteiger partial charge on any atom is 0.263 e. The van der Waals surface area contributed by atoms with Gasteiger partial charge in [0.2, 0.25) is 10.0 Å². The lowest BCUT2D eigenvalue weighted by Crippen LogP contribution is -2.25. The van der Waals surface area contributed by atoms with Crippen LogP contribution in [0.1, 0.15) is 22.3 Å². The Morgan fingerprint density at radius 2 is 1.78 bits per heavy atom. The molecule has 0 radical (unpaired) electrons. The number of methoxy groups -OCH3 is 2. The molecule has 0 atom stereocenters. The van der Waals surface area contributed by atoms with Gasteiger partial charge in [-0.3, -0.25) is 9.10 Å². The van der Waals surface area contributed by atoms with Crippen molar-refractivity contribution < 1.29 is 22.7 Å². The van der Waals surface area contributed by atoms with Crippen LogP contribution in [0.4, 0.5) is 11.4 Å². The van der Waals surface area contributed by atoms with E-state index in [0.717, 1.165) is 5.56 Å². The molecule has 0 saturated carbocycles. The Labute approximate surface area is 158 Å². The van der Waals surface area contributed by atoms with Gasteiger partial charge in [0, 0.05) is 12.2 Å². The van der Waals surface area contributed by atoms with E-state index in [1.165, 1.54) is 18.5 Å². The van der Waals surface area contributed by atoms with E-state index in [4.69, 9.17) is 9.47 Å². The lowest BCUT2D eigenvalue weighted by molar-refractivity contribution is 0.102. The number of hydrogen-bond acceptors (Lipinski definition) is 5. The molecular weight excluding hydrogens is 368 g/mol. The number of aryl methyl sites for hydroxylation is 1. The standard InChI is InChI=1S/C19H22N2O5S/c1-13-12-14(21-10-5-11-27(21,23)24)8-9-15(13)20-19(22)18-16(25-2)6-4-7-17(18)26-3/h4,6-9,12H,5,10-11H2,1-3H3,(H,20,22). The molecule has 0 aliphatic carbocycles. The molecule has 1 N–H and O–H groups in total. The van der Waals surface area contributed by atoms with E-state index in [2.05, 4.69) is 5.32 Å². The zero-order chi connectivity index (χ0) is 19.6. The number of rotatable bonds is 5. The SMILES string of the molecule is COc1cccc(OC)c1C(=O)Nc1ccc(N2CCCS2(=O)=O)cc1C. The Bertz CT molecular complexity index is 950. The van der Waals surface area contributed by atoms with Crippen molar-refractivity contribution in [2.24, 2.45) is 0 Å². The number of carbonyl (C=O) groups excluding carboxylic acids is 1. The minimum atomic E-state index is -3.24. The van der Waals surface area contributed by atoms with Crippen molar-refractivity contribution in [2.45, 2.75) is 13.3 Å². The van der Waals surface area contributed by atoms with Crippen LogP contribution in [0.3, 0.4) is 0 Å². The number of hydrogen-bond donors (Lipinski definition) is 1. The molecule has 3 rings (SSSR count). The van der Waals surface area contributed by atoms with Crippen LogP contribution >= 0.6 is 0 Å². The Hall–Kier alpha value is -2.74. The van der Waals surface area contributed by atoms with Gasteiger partial charge >= 0.3 is 0 Å². The lowest BCUT2D eigenvalue weighted by Gasteiger charge is -2.19. The van der Waals surface area contributed by atoms with Crippen LogP contribution in [-0.2, 0) is 10.0 Å². The van der Waals surface area contributed by atoms with Gasteiger partial charge in [-0.25, -0.2) is 8.42 Å². The van der Waals surface area contributed by atoms with Crippen LogP contribution in [0.25, 0.3) is 0 Å². The van der Waals surface area contributed by atoms with Crippen LogP contribution in [0.15, 0.2) is 36.4 Å². The van der Waals surface area contributed by atoms with Crippen molar-refractivity contribution in [1.29, 1.82) is 0 Å². The second-order valence-corrected chi connectivity index (χ2v) is 8.25. The number of sulfonamides is 1. The predicted molar refractivity (Wildman–Crippen MR) is 104 cm³/mol. The summed E-state index contributed by atoms with van der Waals surface area (Å²) in [6.45, 7) is 2.30. The number of nitrogens with one attached hydrogen (secondary N) is 1. The molecule has 1 amide bonds. The third kappa shape index (κ3) is 3.71. The van der Waals surface area contributed by atoms with Crippen molar-refractivity contribution >= 4 is 27.3 Å². The summed E-state index contributed by atoms with van der Waals surface area (Å²) in [4.78, 5) is 12.8. The third-order valence-electron chi connectivity index (χ3n) is 4.50. The minimum Gasteiger partial charge on any atom is -0.496 e. The molecule has 2 aromatic rings. The van der Waals surface area contributed by atoms with Crippen LogP contribution in [0.5, 0.6) is 11.5 Å². The smallest absolute Gasteiger partial charge is 0.263 e. The molecule has 144 valence electrons. The zero-order valence-electron chi connectivity index (χ0n) is 15.5. The van der Waals surface area contributed by atoms with E-state index in [0.29, 0.717) is 41.4 Å². The Balaban J connectivity index is 1.88. The summed E-state index contributed by atoms with van der Waals surface area (Å²) in [6.07, 6.45) is 0.619. The quantitative estimate of drug-likeness (QED) is 0.849. The van der Waals surface area contributed by atoms with E-state index in [9.17, 15) is 13.2 Å². The molecule has 2 aromatic carbocycles. The number of anilines is 2. The summed E-state index contributed by atoms with van der Waals surface area (Å²) in [5, 5.41) is 2.85. The van der Waals surface area contributed by atoms with Crippen molar-refractivity contribution in [1.82, 2.24) is 0 Å². The molecule has 0 aromatic heterocycles. The van der Waals surface area contributed by atoms with Gasteiger partial charge in [-0.2, -0.15) is 0 Å². The highest BCUT2D eigenvalue weighted by molar-refractivity contribution is 7.93. The van der Waals surface area contributed by atoms with Crippen molar-refractivity contribution in [3.63, 3.8) is 0 Å². The van der Waals surface area contributed by atoms with Gasteiger partial charge in [0.15, 0.2) is 0 Å². The monoisotopic (exact) mass is 390 g/mol. The minimum absolute atomic E-state index is 0.165. The highest BCUT2D eigenvalue weighted by Gasteiger charge is 2.28. The molecule has 0 bridgehead atoms. The van der Waals surface area contributed by atoms with Crippen LogP contribution < -0.4 is 19.1 Å². The van der Waals surface area contributed by atoms with Gasteiger partial charge < -0.3 is 14.8 Å². The van der Waals surface area contributed by atoms with Crippen LogP contribution in [-0.4, -0.2) is 40.8 Å². The lowest BCUT2D eigenvalue weighted by atomic mass is 10.1. The summed E-state index contributed by atoms with van der Waals surface area (Å²) in [5.74, 6) is 0.612. The molecule has 8 heteroatoms. The molecule has 1 fully saturated rings. The fourth-order valence-electron chi connectivity index (χ4n) is 3.13. The highest BCUT2D eigenvalue weighted by atomic mass is 32.2. The largest absolute Gasteiger partial charge is 0.496 e. The molecule has 0 unspecified atom stereocenters. The number of amides is 1. The maximum absolute atomic E-state index is 12.8. The molecule has 1 aliphatic heterocycles. The van der Waals surface area contributed by atoms with Gasteiger partial charge in [0.25, 0.3) is 5.91 Å². The van der Waals surface area contributed by atoms with Crippen LogP contribution in [0, 0.1) is 6.92 Å². The van der Waals surface area contributed by atoms with Gasteiger partial charge in [-0.05, 0) is 49.2 Å². The van der Waals surface area contributed by atoms with Gasteiger partial charge in [-0.1, -0.05) is 6.07 Å². The summed E-state index contributed by atoms with van der Waals surface area (Å²) in [7, 11) is -0.265. The fraction of sp³-hybridized carbons (Fsp3) is 0.316. The van der Waals surface area contributed by atoms with E-state index in [1.807, 2.05) is 6.92 Å². The number of benzene rings is 2.